The van der Waals surface area contributed by atoms with E-state index in [0.29, 0.717) is 16.1 Å². The molecule has 0 aromatic heterocycles. The lowest BCUT2D eigenvalue weighted by atomic mass is 10.0. The molecule has 1 fully saturated rings. The third-order valence-corrected chi connectivity index (χ3v) is 4.42. The summed E-state index contributed by atoms with van der Waals surface area (Å²) in [6, 6.07) is 12.6. The number of hydrogen-bond donors (Lipinski definition) is 2. The zero-order valence-corrected chi connectivity index (χ0v) is 12.5. The second-order valence-electron chi connectivity index (χ2n) is 5.74. The van der Waals surface area contributed by atoms with Crippen LogP contribution >= 0.6 is 11.6 Å². The molecule has 2 aliphatic rings. The molecule has 1 saturated carbocycles. The number of phenolic OH excluding ortho intramolecular Hbond substituents is 1. The number of amides is 1. The van der Waals surface area contributed by atoms with Crippen molar-refractivity contribution >= 4 is 23.2 Å². The highest BCUT2D eigenvalue weighted by Gasteiger charge is 2.42. The summed E-state index contributed by atoms with van der Waals surface area (Å²) in [6.45, 7) is 0. The molecule has 112 valence electrons. The van der Waals surface area contributed by atoms with Gasteiger partial charge >= 0.3 is 0 Å². The molecule has 2 aromatic rings. The molecule has 2 aromatic carbocycles. The van der Waals surface area contributed by atoms with Crippen molar-refractivity contribution in [2.24, 2.45) is 0 Å². The molecular weight excluding hydrogens is 300 g/mol. The summed E-state index contributed by atoms with van der Waals surface area (Å²) in [5, 5.41) is 14.1. The van der Waals surface area contributed by atoms with E-state index < -0.39 is 6.17 Å². The number of nitrogens with zero attached hydrogens (tertiary/aromatic N) is 1. The summed E-state index contributed by atoms with van der Waals surface area (Å²) in [5.41, 5.74) is 2.09. The van der Waals surface area contributed by atoms with Gasteiger partial charge in [-0.2, -0.15) is 0 Å². The normalized spacial score (nSPS) is 20.5. The summed E-state index contributed by atoms with van der Waals surface area (Å²) < 4.78 is 0. The fourth-order valence-electron chi connectivity index (χ4n) is 2.97. The fraction of sp³-hybridized carbons (Fsp3) is 0.235. The highest BCUT2D eigenvalue weighted by molar-refractivity contribution is 6.30. The largest absolute Gasteiger partial charge is 0.508 e. The van der Waals surface area contributed by atoms with E-state index in [1.807, 2.05) is 29.2 Å². The van der Waals surface area contributed by atoms with Crippen LogP contribution in [0.2, 0.25) is 5.02 Å². The van der Waals surface area contributed by atoms with Gasteiger partial charge in [-0.1, -0.05) is 23.7 Å². The molecule has 22 heavy (non-hydrogen) atoms. The SMILES string of the molecule is O=C1c2ccccc2NC(c2cc(Cl)ccc2O)N1C1CC1. The molecule has 4 rings (SSSR count). The van der Waals surface area contributed by atoms with E-state index in [-0.39, 0.29) is 17.7 Å². The van der Waals surface area contributed by atoms with Crippen molar-refractivity contribution in [1.82, 2.24) is 4.90 Å². The Balaban J connectivity index is 1.84. The van der Waals surface area contributed by atoms with Gasteiger partial charge in [-0.3, -0.25) is 4.79 Å². The first-order valence-electron chi connectivity index (χ1n) is 7.32. The number of carbonyl (C=O) groups is 1. The molecule has 2 N–H and O–H groups in total. The Morgan fingerprint density at radius 2 is 1.95 bits per heavy atom. The number of hydrogen-bond acceptors (Lipinski definition) is 3. The Kier molecular flexibility index (Phi) is 3.01. The highest BCUT2D eigenvalue weighted by atomic mass is 35.5. The van der Waals surface area contributed by atoms with Crippen LogP contribution in [0.5, 0.6) is 5.75 Å². The van der Waals surface area contributed by atoms with Crippen LogP contribution in [0.3, 0.4) is 0 Å². The number of nitrogens with one attached hydrogen (secondary N) is 1. The number of aromatic hydroxyl groups is 1. The quantitative estimate of drug-likeness (QED) is 0.887. The molecular formula is C17H15ClN2O2. The van der Waals surface area contributed by atoms with Gasteiger partial charge in [0.05, 0.1) is 5.56 Å². The van der Waals surface area contributed by atoms with Crippen LogP contribution in [-0.4, -0.2) is 22.0 Å². The van der Waals surface area contributed by atoms with Crippen molar-refractivity contribution in [3.63, 3.8) is 0 Å². The zero-order chi connectivity index (χ0) is 15.3. The lowest BCUT2D eigenvalue weighted by Crippen LogP contribution is -2.44. The van der Waals surface area contributed by atoms with Crippen LogP contribution in [0.15, 0.2) is 42.5 Å². The van der Waals surface area contributed by atoms with E-state index in [1.54, 1.807) is 18.2 Å². The van der Waals surface area contributed by atoms with Crippen LogP contribution in [0.1, 0.15) is 34.9 Å². The standard InChI is InChI=1S/C17H15ClN2O2/c18-10-5-8-15(21)13(9-10)16-19-14-4-2-1-3-12(14)17(22)20(16)11-6-7-11/h1-5,8-9,11,16,19,21H,6-7H2. The van der Waals surface area contributed by atoms with E-state index in [2.05, 4.69) is 5.32 Å². The summed E-state index contributed by atoms with van der Waals surface area (Å²) in [4.78, 5) is 14.7. The van der Waals surface area contributed by atoms with Gasteiger partial charge in [-0.25, -0.2) is 0 Å². The summed E-state index contributed by atoms with van der Waals surface area (Å²) in [7, 11) is 0. The Labute approximate surface area is 133 Å². The number of para-hydroxylation sites is 1. The third kappa shape index (κ3) is 2.11. The second-order valence-corrected chi connectivity index (χ2v) is 6.18. The predicted molar refractivity (Wildman–Crippen MR) is 85.1 cm³/mol. The van der Waals surface area contributed by atoms with Crippen molar-refractivity contribution < 1.29 is 9.90 Å². The number of halogens is 1. The monoisotopic (exact) mass is 314 g/mol. The molecule has 0 bridgehead atoms. The van der Waals surface area contributed by atoms with Crippen LogP contribution < -0.4 is 5.32 Å². The second kappa shape index (κ2) is 4.92. The van der Waals surface area contributed by atoms with Gasteiger partial charge in [-0.05, 0) is 43.2 Å². The molecule has 0 saturated heterocycles. The van der Waals surface area contributed by atoms with Crippen LogP contribution in [0, 0.1) is 0 Å². The summed E-state index contributed by atoms with van der Waals surface area (Å²) >= 11 is 6.07. The Bertz CT molecular complexity index is 758. The van der Waals surface area contributed by atoms with Crippen molar-refractivity contribution in [2.45, 2.75) is 25.0 Å². The van der Waals surface area contributed by atoms with Gasteiger partial charge in [0, 0.05) is 22.3 Å². The van der Waals surface area contributed by atoms with Crippen LogP contribution in [0.4, 0.5) is 5.69 Å². The van der Waals surface area contributed by atoms with Gasteiger partial charge in [-0.15, -0.1) is 0 Å². The van der Waals surface area contributed by atoms with Gasteiger partial charge in [0.25, 0.3) is 5.91 Å². The minimum Gasteiger partial charge on any atom is -0.508 e. The Morgan fingerprint density at radius 3 is 2.73 bits per heavy atom. The van der Waals surface area contributed by atoms with E-state index >= 15 is 0 Å². The lowest BCUT2D eigenvalue weighted by molar-refractivity contribution is 0.0664. The maximum absolute atomic E-state index is 12.8. The van der Waals surface area contributed by atoms with E-state index in [9.17, 15) is 9.90 Å². The average molecular weight is 315 g/mol. The first kappa shape index (κ1) is 13.5. The van der Waals surface area contributed by atoms with Gasteiger partial charge in [0.1, 0.15) is 11.9 Å². The molecule has 1 amide bonds. The number of phenols is 1. The Hall–Kier alpha value is -2.20. The van der Waals surface area contributed by atoms with Crippen molar-refractivity contribution in [3.8, 4) is 5.75 Å². The maximum Gasteiger partial charge on any atom is 0.258 e. The van der Waals surface area contributed by atoms with E-state index in [4.69, 9.17) is 11.6 Å². The minimum absolute atomic E-state index is 0.00113. The predicted octanol–water partition coefficient (Wildman–Crippen LogP) is 3.77. The molecule has 5 heteroatoms. The smallest absolute Gasteiger partial charge is 0.258 e. The fourth-order valence-corrected chi connectivity index (χ4v) is 3.15. The number of anilines is 1. The zero-order valence-electron chi connectivity index (χ0n) is 11.8. The Morgan fingerprint density at radius 1 is 1.18 bits per heavy atom. The minimum atomic E-state index is -0.395. The van der Waals surface area contributed by atoms with E-state index in [1.165, 1.54) is 0 Å². The molecule has 0 radical (unpaired) electrons. The lowest BCUT2D eigenvalue weighted by Gasteiger charge is -2.38. The number of carbonyl (C=O) groups excluding carboxylic acids is 1. The number of benzene rings is 2. The van der Waals surface area contributed by atoms with Crippen molar-refractivity contribution in [1.29, 1.82) is 0 Å². The molecule has 1 atom stereocenters. The first-order chi connectivity index (χ1) is 10.6. The van der Waals surface area contributed by atoms with Crippen LogP contribution in [0.25, 0.3) is 0 Å². The third-order valence-electron chi connectivity index (χ3n) is 4.19. The summed E-state index contributed by atoms with van der Waals surface area (Å²) in [6.07, 6.45) is 1.59. The molecule has 1 aliphatic heterocycles. The van der Waals surface area contributed by atoms with Gasteiger partial charge in [0.2, 0.25) is 0 Å². The van der Waals surface area contributed by atoms with Gasteiger partial charge in [0.15, 0.2) is 0 Å². The average Bonchev–Trinajstić information content (AvgIpc) is 3.34. The molecule has 1 aliphatic carbocycles. The molecule has 4 nitrogen and oxygen atoms in total. The first-order valence-corrected chi connectivity index (χ1v) is 7.69. The highest BCUT2D eigenvalue weighted by Crippen LogP contribution is 2.43. The summed E-state index contributed by atoms with van der Waals surface area (Å²) in [5.74, 6) is 0.140. The number of fused-ring (bicyclic) bond motifs is 1. The van der Waals surface area contributed by atoms with Crippen LogP contribution in [-0.2, 0) is 0 Å². The van der Waals surface area contributed by atoms with Crippen molar-refractivity contribution in [2.75, 3.05) is 5.32 Å². The van der Waals surface area contributed by atoms with Gasteiger partial charge < -0.3 is 15.3 Å². The molecule has 0 spiro atoms. The number of rotatable bonds is 2. The molecule has 1 unspecified atom stereocenters. The molecule has 1 heterocycles. The topological polar surface area (TPSA) is 52.6 Å². The van der Waals surface area contributed by atoms with E-state index in [0.717, 1.165) is 18.5 Å². The van der Waals surface area contributed by atoms with Crippen molar-refractivity contribution in [3.05, 3.63) is 58.6 Å². The maximum atomic E-state index is 12.8.